The Morgan fingerprint density at radius 3 is 2.69 bits per heavy atom. The molecule has 0 fully saturated rings. The Balaban J connectivity index is 2.89. The summed E-state index contributed by atoms with van der Waals surface area (Å²) >= 11 is 0. The van der Waals surface area contributed by atoms with Crippen molar-refractivity contribution < 1.29 is 24.5 Å². The van der Waals surface area contributed by atoms with E-state index in [1.165, 1.54) is 26.2 Å². The number of ether oxygens (including phenoxy) is 2. The Kier molecular flexibility index (Phi) is 4.28. The van der Waals surface area contributed by atoms with Gasteiger partial charge in [-0.1, -0.05) is 6.07 Å². The lowest BCUT2D eigenvalue weighted by atomic mass is 10.1. The fraction of sp³-hybridized carbons (Fsp3) is 0.364. The Morgan fingerprint density at radius 1 is 1.50 bits per heavy atom. The van der Waals surface area contributed by atoms with Crippen LogP contribution in [0.2, 0.25) is 0 Å². The second-order valence-corrected chi connectivity index (χ2v) is 3.24. The maximum atomic E-state index is 10.7. The van der Waals surface area contributed by atoms with Gasteiger partial charge >= 0.3 is 5.97 Å². The number of aliphatic hydroxyl groups excluding tert-OH is 1. The van der Waals surface area contributed by atoms with Gasteiger partial charge in [0.2, 0.25) is 0 Å². The number of aromatic carboxylic acids is 1. The number of benzene rings is 1. The molecule has 0 saturated heterocycles. The average molecular weight is 226 g/mol. The summed E-state index contributed by atoms with van der Waals surface area (Å²) in [6.07, 6.45) is -0.871. The van der Waals surface area contributed by atoms with Gasteiger partial charge in [-0.2, -0.15) is 0 Å². The Morgan fingerprint density at radius 2 is 2.19 bits per heavy atom. The molecule has 0 aliphatic carbocycles. The van der Waals surface area contributed by atoms with Gasteiger partial charge in [0, 0.05) is 5.56 Å². The standard InChI is InChI=1S/C11H14O5/c1-7(12)16-6-9-4-3-8(11(13)14)5-10(9)15-2/h3-5,7,12H,6H2,1-2H3,(H,13,14)/t7-/m0/s1. The second-order valence-electron chi connectivity index (χ2n) is 3.24. The Hall–Kier alpha value is -1.59. The highest BCUT2D eigenvalue weighted by atomic mass is 16.6. The first-order valence-corrected chi connectivity index (χ1v) is 4.74. The van der Waals surface area contributed by atoms with E-state index in [0.29, 0.717) is 11.3 Å². The molecule has 88 valence electrons. The summed E-state index contributed by atoms with van der Waals surface area (Å²) < 4.78 is 10.0. The highest BCUT2D eigenvalue weighted by Gasteiger charge is 2.09. The van der Waals surface area contributed by atoms with Crippen LogP contribution in [-0.2, 0) is 11.3 Å². The third-order valence-corrected chi connectivity index (χ3v) is 2.01. The molecule has 2 N–H and O–H groups in total. The topological polar surface area (TPSA) is 76.0 Å². The van der Waals surface area contributed by atoms with Crippen molar-refractivity contribution in [3.8, 4) is 5.75 Å². The van der Waals surface area contributed by atoms with Crippen LogP contribution in [0.25, 0.3) is 0 Å². The van der Waals surface area contributed by atoms with E-state index in [0.717, 1.165) is 0 Å². The normalized spacial score (nSPS) is 12.2. The van der Waals surface area contributed by atoms with Crippen LogP contribution >= 0.6 is 0 Å². The fourth-order valence-corrected chi connectivity index (χ4v) is 1.21. The molecular weight excluding hydrogens is 212 g/mol. The van der Waals surface area contributed by atoms with Gasteiger partial charge in [-0.25, -0.2) is 4.79 Å². The first kappa shape index (κ1) is 12.5. The molecule has 0 spiro atoms. The molecule has 1 aromatic rings. The van der Waals surface area contributed by atoms with Crippen molar-refractivity contribution in [2.45, 2.75) is 19.8 Å². The maximum Gasteiger partial charge on any atom is 0.335 e. The molecule has 5 nitrogen and oxygen atoms in total. The first-order chi connectivity index (χ1) is 7.54. The molecule has 0 bridgehead atoms. The van der Waals surface area contributed by atoms with Crippen LogP contribution in [0.4, 0.5) is 0 Å². The number of hydrogen-bond acceptors (Lipinski definition) is 4. The zero-order valence-corrected chi connectivity index (χ0v) is 9.14. The lowest BCUT2D eigenvalue weighted by Gasteiger charge is -2.11. The van der Waals surface area contributed by atoms with E-state index in [9.17, 15) is 4.79 Å². The number of carbonyl (C=O) groups is 1. The van der Waals surface area contributed by atoms with Gasteiger partial charge in [0.1, 0.15) is 5.75 Å². The monoisotopic (exact) mass is 226 g/mol. The van der Waals surface area contributed by atoms with Gasteiger partial charge in [0.05, 0.1) is 19.3 Å². The van der Waals surface area contributed by atoms with Crippen LogP contribution in [0.5, 0.6) is 5.75 Å². The van der Waals surface area contributed by atoms with Crippen LogP contribution in [0.3, 0.4) is 0 Å². The number of carboxylic acid groups (broad SMARTS) is 1. The molecule has 5 heteroatoms. The van der Waals surface area contributed by atoms with Gasteiger partial charge in [-0.15, -0.1) is 0 Å². The van der Waals surface area contributed by atoms with E-state index >= 15 is 0 Å². The minimum atomic E-state index is -1.01. The third-order valence-electron chi connectivity index (χ3n) is 2.01. The van der Waals surface area contributed by atoms with Gasteiger partial charge < -0.3 is 19.7 Å². The number of rotatable bonds is 5. The zero-order chi connectivity index (χ0) is 12.1. The molecule has 0 saturated carbocycles. The SMILES string of the molecule is COc1cc(C(=O)O)ccc1CO[C@@H](C)O. The van der Waals surface area contributed by atoms with Crippen LogP contribution in [0, 0.1) is 0 Å². The zero-order valence-electron chi connectivity index (χ0n) is 9.14. The number of hydrogen-bond donors (Lipinski definition) is 2. The van der Waals surface area contributed by atoms with E-state index in [-0.39, 0.29) is 12.2 Å². The molecule has 0 amide bonds. The fourth-order valence-electron chi connectivity index (χ4n) is 1.21. The minimum absolute atomic E-state index is 0.151. The van der Waals surface area contributed by atoms with Crippen molar-refractivity contribution in [2.24, 2.45) is 0 Å². The molecule has 0 heterocycles. The lowest BCUT2D eigenvalue weighted by Crippen LogP contribution is -2.07. The van der Waals surface area contributed by atoms with Crippen molar-refractivity contribution in [2.75, 3.05) is 7.11 Å². The average Bonchev–Trinajstić information content (AvgIpc) is 2.25. The molecule has 0 aromatic heterocycles. The van der Waals surface area contributed by atoms with Crippen molar-refractivity contribution in [1.29, 1.82) is 0 Å². The van der Waals surface area contributed by atoms with Crippen LogP contribution in [0.15, 0.2) is 18.2 Å². The highest BCUT2D eigenvalue weighted by Crippen LogP contribution is 2.21. The quantitative estimate of drug-likeness (QED) is 0.739. The minimum Gasteiger partial charge on any atom is -0.496 e. The number of carboxylic acids is 1. The highest BCUT2D eigenvalue weighted by molar-refractivity contribution is 5.88. The molecule has 1 atom stereocenters. The van der Waals surface area contributed by atoms with E-state index in [1.807, 2.05) is 0 Å². The molecule has 1 aromatic carbocycles. The maximum absolute atomic E-state index is 10.7. The summed E-state index contributed by atoms with van der Waals surface area (Å²) in [5.41, 5.74) is 0.839. The summed E-state index contributed by atoms with van der Waals surface area (Å²) in [4.78, 5) is 10.7. The molecule has 0 unspecified atom stereocenters. The summed E-state index contributed by atoms with van der Waals surface area (Å²) in [5.74, 6) is -0.582. The second kappa shape index (κ2) is 5.48. The lowest BCUT2D eigenvalue weighted by molar-refractivity contribution is -0.0942. The largest absolute Gasteiger partial charge is 0.496 e. The van der Waals surface area contributed by atoms with Gasteiger partial charge in [0.25, 0.3) is 0 Å². The van der Waals surface area contributed by atoms with Crippen molar-refractivity contribution in [3.05, 3.63) is 29.3 Å². The predicted octanol–water partition coefficient (Wildman–Crippen LogP) is 1.25. The Bertz CT molecular complexity index is 373. The molecule has 16 heavy (non-hydrogen) atoms. The van der Waals surface area contributed by atoms with Gasteiger partial charge in [-0.3, -0.25) is 0 Å². The van der Waals surface area contributed by atoms with Crippen LogP contribution in [0.1, 0.15) is 22.8 Å². The number of aliphatic hydroxyl groups is 1. The Labute approximate surface area is 93.2 Å². The summed E-state index contributed by atoms with van der Waals surface area (Å²) in [6.45, 7) is 1.67. The summed E-state index contributed by atoms with van der Waals surface area (Å²) in [6, 6.07) is 4.49. The summed E-state index contributed by atoms with van der Waals surface area (Å²) in [7, 11) is 1.45. The van der Waals surface area contributed by atoms with Crippen LogP contribution < -0.4 is 4.74 Å². The number of methoxy groups -OCH3 is 1. The molecule has 0 radical (unpaired) electrons. The van der Waals surface area contributed by atoms with Gasteiger partial charge in [0.15, 0.2) is 6.29 Å². The molecular formula is C11H14O5. The van der Waals surface area contributed by atoms with Crippen molar-refractivity contribution >= 4 is 5.97 Å². The predicted molar refractivity (Wildman–Crippen MR) is 56.4 cm³/mol. The van der Waals surface area contributed by atoms with Gasteiger partial charge in [-0.05, 0) is 19.1 Å². The van der Waals surface area contributed by atoms with E-state index in [2.05, 4.69) is 0 Å². The van der Waals surface area contributed by atoms with E-state index in [4.69, 9.17) is 19.7 Å². The smallest absolute Gasteiger partial charge is 0.335 e. The first-order valence-electron chi connectivity index (χ1n) is 4.74. The van der Waals surface area contributed by atoms with Crippen LogP contribution in [-0.4, -0.2) is 29.6 Å². The van der Waals surface area contributed by atoms with Crippen molar-refractivity contribution in [3.63, 3.8) is 0 Å². The van der Waals surface area contributed by atoms with Crippen molar-refractivity contribution in [1.82, 2.24) is 0 Å². The molecule has 0 aliphatic heterocycles. The van der Waals surface area contributed by atoms with E-state index in [1.54, 1.807) is 6.07 Å². The third kappa shape index (κ3) is 3.22. The van der Waals surface area contributed by atoms with E-state index < -0.39 is 12.3 Å². The molecule has 0 aliphatic rings. The molecule has 1 rings (SSSR count). The summed E-state index contributed by atoms with van der Waals surface area (Å²) in [5, 5.41) is 17.7.